The molecule has 22 heavy (non-hydrogen) atoms. The van der Waals surface area contributed by atoms with Crippen molar-refractivity contribution in [2.75, 3.05) is 7.11 Å². The Kier molecular flexibility index (Phi) is 5.65. The van der Waals surface area contributed by atoms with E-state index in [2.05, 4.69) is 0 Å². The van der Waals surface area contributed by atoms with Crippen LogP contribution in [0.1, 0.15) is 6.92 Å². The quantitative estimate of drug-likeness (QED) is 0.799. The molecule has 1 aromatic carbocycles. The van der Waals surface area contributed by atoms with Gasteiger partial charge in [-0.05, 0) is 31.2 Å². The Balaban J connectivity index is 2.00. The van der Waals surface area contributed by atoms with Crippen molar-refractivity contribution in [3.05, 3.63) is 30.1 Å². The maximum absolute atomic E-state index is 12.8. The van der Waals surface area contributed by atoms with Gasteiger partial charge in [-0.3, -0.25) is 0 Å². The minimum Gasteiger partial charge on any atom is -0.447 e. The van der Waals surface area contributed by atoms with E-state index in [0.29, 0.717) is 0 Å². The third-order valence-corrected chi connectivity index (χ3v) is 3.44. The number of benzene rings is 1. The lowest BCUT2D eigenvalue weighted by Crippen LogP contribution is -2.58. The van der Waals surface area contributed by atoms with Gasteiger partial charge in [-0.25, -0.2) is 4.39 Å². The molecule has 1 saturated heterocycles. The van der Waals surface area contributed by atoms with Gasteiger partial charge < -0.3 is 29.2 Å². The topological polar surface area (TPSA) is 77.4 Å². The van der Waals surface area contributed by atoms with Crippen molar-refractivity contribution in [1.82, 2.24) is 0 Å². The monoisotopic (exact) mass is 332 g/mol. The van der Waals surface area contributed by atoms with Gasteiger partial charge in [-0.15, -0.1) is 0 Å². The van der Waals surface area contributed by atoms with Crippen molar-refractivity contribution in [2.45, 2.75) is 37.6 Å². The van der Waals surface area contributed by atoms with E-state index < -0.39 is 36.5 Å². The average molecular weight is 332 g/mol. The van der Waals surface area contributed by atoms with E-state index in [4.69, 9.17) is 31.2 Å². The van der Waals surface area contributed by atoms with E-state index in [1.54, 1.807) is 6.92 Å². The highest BCUT2D eigenvalue weighted by atomic mass is 32.1. The maximum Gasteiger partial charge on any atom is 0.358 e. The zero-order valence-corrected chi connectivity index (χ0v) is 12.8. The molecule has 0 saturated carbocycles. The molecule has 6 nitrogen and oxygen atoms in total. The molecule has 1 aliphatic rings. The fourth-order valence-electron chi connectivity index (χ4n) is 2.06. The first-order valence-electron chi connectivity index (χ1n) is 6.60. The maximum atomic E-state index is 12.8. The standard InChI is InChI=1S/C14H17FO6S/c1-7-10(16)12(11(17)13(18-2)19-7)21-14(22)20-9-5-3-8(15)4-6-9/h3-7,10-13,16-17H,1-2H3/t7-,10-,11+,12+,13-/m0/s1. The lowest BCUT2D eigenvalue weighted by atomic mass is 10.00. The molecule has 1 aliphatic heterocycles. The summed E-state index contributed by atoms with van der Waals surface area (Å²) in [5.41, 5.74) is 0. The van der Waals surface area contributed by atoms with Crippen LogP contribution in [0.5, 0.6) is 5.75 Å². The number of aliphatic hydroxyl groups is 2. The summed E-state index contributed by atoms with van der Waals surface area (Å²) in [6.07, 6.45) is -4.99. The molecule has 5 atom stereocenters. The first kappa shape index (κ1) is 17.0. The van der Waals surface area contributed by atoms with Crippen LogP contribution in [0.4, 0.5) is 4.39 Å². The van der Waals surface area contributed by atoms with Crippen LogP contribution in [0.15, 0.2) is 24.3 Å². The SMILES string of the molecule is CO[C@H]1O[C@@H](C)[C@H](O)[C@@H](OC(=S)Oc2ccc(F)cc2)[C@H]1O. The molecule has 122 valence electrons. The molecule has 1 aromatic rings. The van der Waals surface area contributed by atoms with Crippen molar-refractivity contribution in [1.29, 1.82) is 0 Å². The van der Waals surface area contributed by atoms with E-state index in [0.717, 1.165) is 0 Å². The Morgan fingerprint density at radius 2 is 1.86 bits per heavy atom. The Morgan fingerprint density at radius 1 is 1.23 bits per heavy atom. The Labute approximate surface area is 132 Å². The van der Waals surface area contributed by atoms with Crippen LogP contribution >= 0.6 is 12.2 Å². The van der Waals surface area contributed by atoms with Gasteiger partial charge in [0.2, 0.25) is 0 Å². The number of hydrogen-bond donors (Lipinski definition) is 2. The van der Waals surface area contributed by atoms with Crippen molar-refractivity contribution in [2.24, 2.45) is 0 Å². The number of ether oxygens (including phenoxy) is 4. The molecule has 0 unspecified atom stereocenters. The van der Waals surface area contributed by atoms with Crippen LogP contribution < -0.4 is 4.74 Å². The molecule has 0 amide bonds. The van der Waals surface area contributed by atoms with Gasteiger partial charge in [0.05, 0.1) is 6.10 Å². The van der Waals surface area contributed by atoms with Gasteiger partial charge in [0.25, 0.3) is 0 Å². The second-order valence-corrected chi connectivity index (χ2v) is 5.15. The fourth-order valence-corrected chi connectivity index (χ4v) is 2.27. The van der Waals surface area contributed by atoms with E-state index in [1.165, 1.54) is 31.4 Å². The van der Waals surface area contributed by atoms with Crippen LogP contribution in [-0.2, 0) is 14.2 Å². The van der Waals surface area contributed by atoms with E-state index in [9.17, 15) is 14.6 Å². The Morgan fingerprint density at radius 3 is 2.45 bits per heavy atom. The predicted octanol–water partition coefficient (Wildman–Crippen LogP) is 0.988. The van der Waals surface area contributed by atoms with Crippen LogP contribution in [-0.4, -0.2) is 53.3 Å². The summed E-state index contributed by atoms with van der Waals surface area (Å²) in [5.74, 6) is -0.134. The van der Waals surface area contributed by atoms with Gasteiger partial charge >= 0.3 is 5.24 Å². The third kappa shape index (κ3) is 3.90. The summed E-state index contributed by atoms with van der Waals surface area (Å²) >= 11 is 4.93. The van der Waals surface area contributed by atoms with Crippen LogP contribution in [0, 0.1) is 5.82 Å². The Hall–Kier alpha value is -1.32. The number of halogens is 1. The normalized spacial score (nSPS) is 31.6. The van der Waals surface area contributed by atoms with Gasteiger partial charge in [0, 0.05) is 19.3 Å². The summed E-state index contributed by atoms with van der Waals surface area (Å²) in [6.45, 7) is 1.61. The van der Waals surface area contributed by atoms with Gasteiger partial charge in [-0.1, -0.05) is 0 Å². The third-order valence-electron chi connectivity index (χ3n) is 3.26. The number of aliphatic hydroxyl groups excluding tert-OH is 2. The molecule has 0 aliphatic carbocycles. The van der Waals surface area contributed by atoms with Gasteiger partial charge in [-0.2, -0.15) is 0 Å². The summed E-state index contributed by atoms with van der Waals surface area (Å²) in [7, 11) is 1.36. The number of methoxy groups -OCH3 is 1. The zero-order chi connectivity index (χ0) is 16.3. The molecule has 0 bridgehead atoms. The molecule has 0 aromatic heterocycles. The first-order valence-corrected chi connectivity index (χ1v) is 7.01. The highest BCUT2D eigenvalue weighted by molar-refractivity contribution is 7.79. The molecule has 1 heterocycles. The Bertz CT molecular complexity index is 511. The minimum absolute atomic E-state index is 0.277. The number of rotatable bonds is 3. The molecule has 1 fully saturated rings. The molecular weight excluding hydrogens is 315 g/mol. The second-order valence-electron chi connectivity index (χ2n) is 4.81. The van der Waals surface area contributed by atoms with Gasteiger partial charge in [0.15, 0.2) is 12.4 Å². The summed E-state index contributed by atoms with van der Waals surface area (Å²) in [6, 6.07) is 5.17. The molecular formula is C14H17FO6S. The molecule has 2 N–H and O–H groups in total. The highest BCUT2D eigenvalue weighted by Crippen LogP contribution is 2.24. The predicted molar refractivity (Wildman–Crippen MR) is 77.9 cm³/mol. The molecule has 2 rings (SSSR count). The smallest absolute Gasteiger partial charge is 0.358 e. The largest absolute Gasteiger partial charge is 0.447 e. The van der Waals surface area contributed by atoms with Crippen molar-refractivity contribution in [3.8, 4) is 5.75 Å². The zero-order valence-electron chi connectivity index (χ0n) is 12.0. The molecule has 0 radical (unpaired) electrons. The van der Waals surface area contributed by atoms with Crippen molar-refractivity contribution < 1.29 is 33.6 Å². The summed E-state index contributed by atoms with van der Waals surface area (Å²) in [4.78, 5) is 0. The fraction of sp³-hybridized carbons (Fsp3) is 0.500. The molecule has 0 spiro atoms. The van der Waals surface area contributed by atoms with Crippen molar-refractivity contribution >= 4 is 17.5 Å². The first-order chi connectivity index (χ1) is 10.4. The minimum atomic E-state index is -1.24. The van der Waals surface area contributed by atoms with E-state index in [1.807, 2.05) is 0 Å². The van der Waals surface area contributed by atoms with Crippen LogP contribution in [0.25, 0.3) is 0 Å². The lowest BCUT2D eigenvalue weighted by Gasteiger charge is -2.40. The average Bonchev–Trinajstić information content (AvgIpc) is 2.49. The summed E-state index contributed by atoms with van der Waals surface area (Å²) < 4.78 is 33.6. The number of thiocarbonyl (C=S) groups is 1. The van der Waals surface area contributed by atoms with Crippen LogP contribution in [0.2, 0.25) is 0 Å². The summed E-state index contributed by atoms with van der Waals surface area (Å²) in [5, 5.41) is 19.8. The number of hydrogen-bond acceptors (Lipinski definition) is 7. The highest BCUT2D eigenvalue weighted by Gasteiger charge is 2.45. The van der Waals surface area contributed by atoms with Crippen molar-refractivity contribution in [3.63, 3.8) is 0 Å². The van der Waals surface area contributed by atoms with Crippen LogP contribution in [0.3, 0.4) is 0 Å². The van der Waals surface area contributed by atoms with E-state index in [-0.39, 0.29) is 11.0 Å². The molecule has 8 heteroatoms. The lowest BCUT2D eigenvalue weighted by molar-refractivity contribution is -0.284. The van der Waals surface area contributed by atoms with Gasteiger partial charge in [0.1, 0.15) is 23.8 Å². The second kappa shape index (κ2) is 7.30. The van der Waals surface area contributed by atoms with E-state index >= 15 is 0 Å².